The molecule has 0 atom stereocenters. The zero-order valence-electron chi connectivity index (χ0n) is 39.2. The molecular weight excluding hydrogens is 1400 g/mol. The van der Waals surface area contributed by atoms with Crippen molar-refractivity contribution in [2.45, 2.75) is 131 Å². The van der Waals surface area contributed by atoms with E-state index in [4.69, 9.17) is 0 Å². The maximum atomic E-state index is 14.3. The lowest BCUT2D eigenvalue weighted by molar-refractivity contribution is -0.479. The number of aromatic nitrogens is 2. The maximum Gasteiger partial charge on any atom is 0.460 e. The van der Waals surface area contributed by atoms with Crippen LogP contribution in [0, 0.1) is 0 Å². The molecule has 0 aliphatic carbocycles. The second kappa shape index (κ2) is 22.2. The molecule has 52 heteroatoms. The van der Waals surface area contributed by atoms with E-state index in [1.54, 1.807) is 0 Å². The summed E-state index contributed by atoms with van der Waals surface area (Å²) in [4.78, 5) is 6.85. The van der Waals surface area contributed by atoms with Gasteiger partial charge in [-0.05, 0) is 12.1 Å². The van der Waals surface area contributed by atoms with E-state index >= 15 is 0 Å². The molecule has 0 radical (unpaired) electrons. The highest BCUT2D eigenvalue weighted by molar-refractivity contribution is 5.57. The van der Waals surface area contributed by atoms with Gasteiger partial charge in [0.1, 0.15) is 24.7 Å². The Balaban J connectivity index is 2.30. The van der Waals surface area contributed by atoms with Gasteiger partial charge in [-0.3, -0.25) is 9.97 Å². The molecule has 0 saturated carbocycles. The lowest BCUT2D eigenvalue weighted by atomic mass is 9.85. The third-order valence-electron chi connectivity index (χ3n) is 10.8. The summed E-state index contributed by atoms with van der Waals surface area (Å²) in [5.41, 5.74) is -1.62. The molecule has 0 N–H and O–H groups in total. The van der Waals surface area contributed by atoms with Crippen LogP contribution in [0.15, 0.2) is 36.7 Å². The van der Waals surface area contributed by atoms with Gasteiger partial charge < -0.3 is 18.9 Å². The molecule has 514 valence electrons. The SMILES string of the molecule is FC(F)(F)C(F)(F)C(F)(F)C(F)(F)C(F)(F)C(F)(F)C(F)(F)C(F)(F)C(F)(F)C(F)(F)C(F)(F)COCOc1ccnc(-c2cc(OCOCC(F)(F)C(F)(F)C(F)(F)C(F)(F)C(F)(F)C(F)(F)C(F)(F)C(F)(F)C(F)(F)C(F)(F)C(F)(F)F)ccn2)c1. The van der Waals surface area contributed by atoms with Gasteiger partial charge in [0.05, 0.1) is 11.4 Å². The standard InChI is InChI=1S/C36H14F46N2O4/c37-15(38,17(41,42)19(45,46)21(49,50)23(53,54)25(57,58)27(61,62)29(65,66)31(69,70)33(73,74)35(77,78)79)7-85-9-87-11-1-3-83-13(5-11)14-6-12(2-4-84-14)88-10-86-8-16(39,40)18(43,44)20(47,48)22(51,52)24(55,56)26(59,60)28(63,64)30(67,68)32(71,72)34(75,76)36(80,81)82/h1-6H,7-10H2. The first-order valence-electron chi connectivity index (χ1n) is 20.2. The Morgan fingerprint density at radius 3 is 0.591 bits per heavy atom. The smallest absolute Gasteiger partial charge is 0.460 e. The van der Waals surface area contributed by atoms with Gasteiger partial charge in [0.25, 0.3) is 0 Å². The molecule has 0 amide bonds. The topological polar surface area (TPSA) is 62.7 Å². The Labute approximate surface area is 448 Å². The molecule has 0 aliphatic heterocycles. The average Bonchev–Trinajstić information content (AvgIpc) is 0.735. The van der Waals surface area contributed by atoms with E-state index in [9.17, 15) is 202 Å². The van der Waals surface area contributed by atoms with Crippen LogP contribution in [0.4, 0.5) is 202 Å². The number of rotatable bonds is 29. The van der Waals surface area contributed by atoms with Gasteiger partial charge in [0.2, 0.25) is 0 Å². The number of alkyl halides is 46. The van der Waals surface area contributed by atoms with Crippen LogP contribution in [-0.4, -0.2) is 168 Å². The van der Waals surface area contributed by atoms with Gasteiger partial charge in [0, 0.05) is 24.5 Å². The molecule has 2 heterocycles. The van der Waals surface area contributed by atoms with Crippen LogP contribution < -0.4 is 9.47 Å². The highest BCUT2D eigenvalue weighted by atomic mass is 19.5. The van der Waals surface area contributed by atoms with Crippen molar-refractivity contribution in [2.24, 2.45) is 0 Å². The Hall–Kier alpha value is -5.40. The van der Waals surface area contributed by atoms with Crippen molar-refractivity contribution in [1.29, 1.82) is 0 Å². The molecule has 0 saturated heterocycles. The molecule has 0 fully saturated rings. The molecule has 2 rings (SSSR count). The fraction of sp³-hybridized carbons (Fsp3) is 0.722. The zero-order valence-corrected chi connectivity index (χ0v) is 39.2. The van der Waals surface area contributed by atoms with Crippen LogP contribution >= 0.6 is 0 Å². The summed E-state index contributed by atoms with van der Waals surface area (Å²) in [6, 6.07) is 1.63. The number of hydrogen-bond donors (Lipinski definition) is 0. The third kappa shape index (κ3) is 11.1. The fourth-order valence-electron chi connectivity index (χ4n) is 5.60. The lowest BCUT2D eigenvalue weighted by Gasteiger charge is -2.45. The maximum absolute atomic E-state index is 14.3. The van der Waals surface area contributed by atoms with Crippen molar-refractivity contribution in [3.05, 3.63) is 36.7 Å². The highest BCUT2D eigenvalue weighted by Crippen LogP contribution is 2.70. The van der Waals surface area contributed by atoms with Crippen LogP contribution in [-0.2, 0) is 9.47 Å². The molecule has 0 spiro atoms. The number of halogens is 46. The van der Waals surface area contributed by atoms with E-state index < -0.39 is 180 Å². The lowest BCUT2D eigenvalue weighted by Crippen LogP contribution is -2.77. The van der Waals surface area contributed by atoms with E-state index in [0.29, 0.717) is 36.7 Å². The van der Waals surface area contributed by atoms with Crippen molar-refractivity contribution in [3.63, 3.8) is 0 Å². The molecule has 2 aromatic rings. The molecular formula is C36H14F46N2O4. The second-order valence-corrected chi connectivity index (χ2v) is 16.7. The van der Waals surface area contributed by atoms with E-state index in [2.05, 4.69) is 28.9 Å². The van der Waals surface area contributed by atoms with Crippen LogP contribution in [0.25, 0.3) is 11.4 Å². The summed E-state index contributed by atoms with van der Waals surface area (Å²) < 4.78 is 644. The highest BCUT2D eigenvalue weighted by Gasteiger charge is 3.01. The first kappa shape index (κ1) is 78.7. The summed E-state index contributed by atoms with van der Waals surface area (Å²) >= 11 is 0. The number of pyridine rings is 2. The van der Waals surface area contributed by atoms with Gasteiger partial charge in [-0.2, -0.15) is 202 Å². The van der Waals surface area contributed by atoms with Crippen LogP contribution in [0.5, 0.6) is 11.5 Å². The fourth-order valence-corrected chi connectivity index (χ4v) is 5.60. The Morgan fingerprint density at radius 2 is 0.409 bits per heavy atom. The minimum Gasteiger partial charge on any atom is -0.467 e. The minimum absolute atomic E-state index is 0.363. The average molecular weight is 1410 g/mol. The second-order valence-electron chi connectivity index (χ2n) is 16.7. The Kier molecular flexibility index (Phi) is 19.8. The quantitative estimate of drug-likeness (QED) is 0.0459. The van der Waals surface area contributed by atoms with Crippen molar-refractivity contribution in [2.75, 3.05) is 26.8 Å². The van der Waals surface area contributed by atoms with Crippen molar-refractivity contribution >= 4 is 0 Å². The Morgan fingerprint density at radius 1 is 0.239 bits per heavy atom. The van der Waals surface area contributed by atoms with Crippen molar-refractivity contribution in [1.82, 2.24) is 9.97 Å². The summed E-state index contributed by atoms with van der Waals surface area (Å²) in [7, 11) is 0. The van der Waals surface area contributed by atoms with E-state index in [0.717, 1.165) is 0 Å². The minimum atomic E-state index is -9.68. The van der Waals surface area contributed by atoms with Gasteiger partial charge in [-0.15, -0.1) is 0 Å². The predicted octanol–water partition coefficient (Wildman–Crippen LogP) is 16.7. The van der Waals surface area contributed by atoms with Gasteiger partial charge in [-0.25, -0.2) is 0 Å². The summed E-state index contributed by atoms with van der Waals surface area (Å²) in [5.74, 6) is -184. The largest absolute Gasteiger partial charge is 0.467 e. The number of hydrogen-bond acceptors (Lipinski definition) is 6. The van der Waals surface area contributed by atoms with Crippen LogP contribution in [0.1, 0.15) is 0 Å². The van der Waals surface area contributed by atoms with E-state index in [1.807, 2.05) is 0 Å². The molecule has 0 unspecified atom stereocenters. The first-order chi connectivity index (χ1) is 38.1. The monoisotopic (exact) mass is 1410 g/mol. The summed E-state index contributed by atoms with van der Waals surface area (Å²) in [6.45, 7) is -11.8. The summed E-state index contributed by atoms with van der Waals surface area (Å²) in [5, 5.41) is 0. The van der Waals surface area contributed by atoms with Gasteiger partial charge >= 0.3 is 131 Å². The molecule has 6 nitrogen and oxygen atoms in total. The summed E-state index contributed by atoms with van der Waals surface area (Å²) in [6.07, 6.45) is -15.7. The van der Waals surface area contributed by atoms with Crippen molar-refractivity contribution in [3.8, 4) is 22.9 Å². The van der Waals surface area contributed by atoms with Crippen LogP contribution in [0.2, 0.25) is 0 Å². The normalized spacial score (nSPS) is 16.1. The molecule has 0 bridgehead atoms. The molecule has 0 aliphatic rings. The molecule has 88 heavy (non-hydrogen) atoms. The van der Waals surface area contributed by atoms with E-state index in [-0.39, 0.29) is 0 Å². The Bertz CT molecular complexity index is 2560. The van der Waals surface area contributed by atoms with Crippen LogP contribution in [0.3, 0.4) is 0 Å². The van der Waals surface area contributed by atoms with E-state index in [1.165, 1.54) is 0 Å². The first-order valence-corrected chi connectivity index (χ1v) is 20.2. The molecule has 2 aromatic heterocycles. The van der Waals surface area contributed by atoms with Gasteiger partial charge in [0.15, 0.2) is 13.6 Å². The van der Waals surface area contributed by atoms with Crippen molar-refractivity contribution < 1.29 is 221 Å². The zero-order chi connectivity index (χ0) is 70.6. The number of nitrogens with zero attached hydrogens (tertiary/aromatic N) is 2. The molecule has 0 aromatic carbocycles. The number of ether oxygens (including phenoxy) is 4. The predicted molar refractivity (Wildman–Crippen MR) is 181 cm³/mol. The third-order valence-corrected chi connectivity index (χ3v) is 10.8. The van der Waals surface area contributed by atoms with Gasteiger partial charge in [-0.1, -0.05) is 0 Å².